The largest absolute Gasteiger partial charge is 0.379 e. The molecule has 1 aromatic carbocycles. The highest BCUT2D eigenvalue weighted by molar-refractivity contribution is 5.51. The van der Waals surface area contributed by atoms with E-state index in [0.717, 1.165) is 30.3 Å². The summed E-state index contributed by atoms with van der Waals surface area (Å²) in [5.74, 6) is 1.13. The fourth-order valence-corrected chi connectivity index (χ4v) is 2.50. The summed E-state index contributed by atoms with van der Waals surface area (Å²) in [6, 6.07) is 11.9. The molecule has 118 valence electrons. The van der Waals surface area contributed by atoms with Crippen molar-refractivity contribution >= 4 is 17.5 Å². The van der Waals surface area contributed by atoms with E-state index < -0.39 is 0 Å². The Morgan fingerprint density at radius 3 is 2.91 bits per heavy atom. The summed E-state index contributed by atoms with van der Waals surface area (Å²) in [5, 5.41) is 15.4. The molecule has 23 heavy (non-hydrogen) atoms. The maximum Gasteiger partial charge on any atom is 0.222 e. The van der Waals surface area contributed by atoms with Crippen LogP contribution in [0.5, 0.6) is 0 Å². The van der Waals surface area contributed by atoms with Crippen LogP contribution in [0.1, 0.15) is 11.3 Å². The van der Waals surface area contributed by atoms with E-state index in [0.29, 0.717) is 18.2 Å². The van der Waals surface area contributed by atoms with Crippen LogP contribution in [0, 0.1) is 11.3 Å². The first-order chi connectivity index (χ1) is 11.2. The van der Waals surface area contributed by atoms with Gasteiger partial charge in [0, 0.05) is 30.9 Å². The van der Waals surface area contributed by atoms with Crippen LogP contribution in [-0.4, -0.2) is 36.1 Å². The summed E-state index contributed by atoms with van der Waals surface area (Å²) in [7, 11) is 1.96. The van der Waals surface area contributed by atoms with Gasteiger partial charge in [0.15, 0.2) is 0 Å². The predicted octanol–water partition coefficient (Wildman–Crippen LogP) is 0.951. The van der Waals surface area contributed by atoms with Gasteiger partial charge in [-0.25, -0.2) is 4.98 Å². The van der Waals surface area contributed by atoms with Gasteiger partial charge < -0.3 is 21.3 Å². The number of nitrogens with two attached hydrogens (primary N) is 1. The van der Waals surface area contributed by atoms with Gasteiger partial charge in [-0.05, 0) is 25.2 Å². The lowest BCUT2D eigenvalue weighted by Crippen LogP contribution is -2.57. The molecular formula is C16H19N7. The van der Waals surface area contributed by atoms with Crippen molar-refractivity contribution in [1.29, 1.82) is 5.26 Å². The number of benzene rings is 1. The standard InChI is InChI=1S/C16H19N7/c1-19-14-9-23(10-14)15-6-13(21-16(18)22-15)8-20-12-4-2-3-11(5-12)7-17/h2-6,14,19-20H,8-10H2,1H3,(H2,18,21,22). The molecule has 0 unspecified atom stereocenters. The molecule has 0 amide bonds. The van der Waals surface area contributed by atoms with E-state index in [-0.39, 0.29) is 5.95 Å². The molecule has 1 aliphatic heterocycles. The molecule has 1 fully saturated rings. The lowest BCUT2D eigenvalue weighted by atomic mass is 10.1. The number of nitriles is 1. The van der Waals surface area contributed by atoms with Crippen molar-refractivity contribution in [2.75, 3.05) is 36.1 Å². The molecule has 0 bridgehead atoms. The third-order valence-corrected chi connectivity index (χ3v) is 3.86. The van der Waals surface area contributed by atoms with E-state index in [1.807, 2.05) is 25.2 Å². The number of hydrogen-bond donors (Lipinski definition) is 3. The Labute approximate surface area is 135 Å². The summed E-state index contributed by atoms with van der Waals surface area (Å²) < 4.78 is 0. The molecule has 0 spiro atoms. The first-order valence-corrected chi connectivity index (χ1v) is 7.47. The minimum atomic E-state index is 0.276. The first kappa shape index (κ1) is 15.1. The van der Waals surface area contributed by atoms with E-state index in [4.69, 9.17) is 11.0 Å². The second kappa shape index (κ2) is 6.50. The second-order valence-electron chi connectivity index (χ2n) is 5.51. The number of nitrogens with zero attached hydrogens (tertiary/aromatic N) is 4. The summed E-state index contributed by atoms with van der Waals surface area (Å²) in [4.78, 5) is 10.7. The Morgan fingerprint density at radius 1 is 1.35 bits per heavy atom. The molecule has 2 aromatic rings. The molecule has 4 N–H and O–H groups in total. The Balaban J connectivity index is 1.68. The highest BCUT2D eigenvalue weighted by atomic mass is 15.3. The molecule has 0 saturated carbocycles. The van der Waals surface area contributed by atoms with Gasteiger partial charge in [-0.1, -0.05) is 6.07 Å². The number of aromatic nitrogens is 2. The van der Waals surface area contributed by atoms with Gasteiger partial charge >= 0.3 is 0 Å². The topological polar surface area (TPSA) is 103 Å². The molecule has 7 heteroatoms. The molecule has 1 aromatic heterocycles. The number of likely N-dealkylation sites (N-methyl/N-ethyl adjacent to an activating group) is 1. The van der Waals surface area contributed by atoms with Gasteiger partial charge in [-0.3, -0.25) is 0 Å². The van der Waals surface area contributed by atoms with Crippen LogP contribution in [0.4, 0.5) is 17.5 Å². The zero-order valence-corrected chi connectivity index (χ0v) is 13.0. The summed E-state index contributed by atoms with van der Waals surface area (Å²) in [6.45, 7) is 2.37. The van der Waals surface area contributed by atoms with Crippen molar-refractivity contribution < 1.29 is 0 Å². The van der Waals surface area contributed by atoms with Gasteiger partial charge in [0.1, 0.15) is 5.82 Å². The minimum absolute atomic E-state index is 0.276. The highest BCUT2D eigenvalue weighted by Gasteiger charge is 2.26. The number of hydrogen-bond acceptors (Lipinski definition) is 7. The minimum Gasteiger partial charge on any atom is -0.379 e. The van der Waals surface area contributed by atoms with Crippen LogP contribution in [0.3, 0.4) is 0 Å². The fraction of sp³-hybridized carbons (Fsp3) is 0.312. The number of nitrogens with one attached hydrogen (secondary N) is 2. The third-order valence-electron chi connectivity index (χ3n) is 3.86. The summed E-state index contributed by atoms with van der Waals surface area (Å²) >= 11 is 0. The normalized spacial score (nSPS) is 14.2. The van der Waals surface area contributed by atoms with Gasteiger partial charge in [0.2, 0.25) is 5.95 Å². The van der Waals surface area contributed by atoms with Gasteiger partial charge in [-0.15, -0.1) is 0 Å². The lowest BCUT2D eigenvalue weighted by Gasteiger charge is -2.40. The molecule has 2 heterocycles. The van der Waals surface area contributed by atoms with Crippen LogP contribution < -0.4 is 21.3 Å². The average molecular weight is 309 g/mol. The summed E-state index contributed by atoms with van der Waals surface area (Å²) in [5.41, 5.74) is 8.14. The Bertz CT molecular complexity index is 731. The smallest absolute Gasteiger partial charge is 0.222 e. The monoisotopic (exact) mass is 309 g/mol. The molecule has 1 aliphatic rings. The maximum absolute atomic E-state index is 8.93. The van der Waals surface area contributed by atoms with Crippen LogP contribution in [0.25, 0.3) is 0 Å². The Morgan fingerprint density at radius 2 is 2.17 bits per heavy atom. The molecule has 3 rings (SSSR count). The van der Waals surface area contributed by atoms with Crippen molar-refractivity contribution in [3.8, 4) is 6.07 Å². The van der Waals surface area contributed by atoms with Crippen molar-refractivity contribution in [1.82, 2.24) is 15.3 Å². The fourth-order valence-electron chi connectivity index (χ4n) is 2.50. The van der Waals surface area contributed by atoms with Crippen LogP contribution in [0.15, 0.2) is 30.3 Å². The predicted molar refractivity (Wildman–Crippen MR) is 90.0 cm³/mol. The van der Waals surface area contributed by atoms with E-state index in [9.17, 15) is 0 Å². The van der Waals surface area contributed by atoms with E-state index in [2.05, 4.69) is 31.6 Å². The summed E-state index contributed by atoms with van der Waals surface area (Å²) in [6.07, 6.45) is 0. The lowest BCUT2D eigenvalue weighted by molar-refractivity contribution is 0.447. The molecule has 0 aliphatic carbocycles. The first-order valence-electron chi connectivity index (χ1n) is 7.47. The van der Waals surface area contributed by atoms with Gasteiger partial charge in [0.25, 0.3) is 0 Å². The average Bonchev–Trinajstić information content (AvgIpc) is 2.52. The Kier molecular flexibility index (Phi) is 4.26. The van der Waals surface area contributed by atoms with Crippen molar-refractivity contribution in [2.24, 2.45) is 0 Å². The zero-order valence-electron chi connectivity index (χ0n) is 13.0. The van der Waals surface area contributed by atoms with Gasteiger partial charge in [-0.2, -0.15) is 10.2 Å². The van der Waals surface area contributed by atoms with Gasteiger partial charge in [0.05, 0.1) is 23.9 Å². The quantitative estimate of drug-likeness (QED) is 0.755. The SMILES string of the molecule is CNC1CN(c2cc(CNc3cccc(C#N)c3)nc(N)n2)C1. The molecule has 0 atom stereocenters. The Hall–Kier alpha value is -2.85. The molecular weight excluding hydrogens is 290 g/mol. The molecule has 7 nitrogen and oxygen atoms in total. The van der Waals surface area contributed by atoms with Crippen LogP contribution >= 0.6 is 0 Å². The van der Waals surface area contributed by atoms with E-state index in [1.54, 1.807) is 12.1 Å². The van der Waals surface area contributed by atoms with Crippen molar-refractivity contribution in [2.45, 2.75) is 12.6 Å². The maximum atomic E-state index is 8.93. The van der Waals surface area contributed by atoms with Crippen LogP contribution in [0.2, 0.25) is 0 Å². The van der Waals surface area contributed by atoms with E-state index in [1.165, 1.54) is 0 Å². The number of nitrogen functional groups attached to an aromatic ring is 1. The third kappa shape index (κ3) is 3.49. The highest BCUT2D eigenvalue weighted by Crippen LogP contribution is 2.20. The molecule has 0 radical (unpaired) electrons. The number of anilines is 3. The van der Waals surface area contributed by atoms with Crippen molar-refractivity contribution in [3.63, 3.8) is 0 Å². The van der Waals surface area contributed by atoms with E-state index >= 15 is 0 Å². The second-order valence-corrected chi connectivity index (χ2v) is 5.51. The number of rotatable bonds is 5. The zero-order chi connectivity index (χ0) is 16.2. The molecule has 1 saturated heterocycles. The van der Waals surface area contributed by atoms with Crippen LogP contribution in [-0.2, 0) is 6.54 Å². The van der Waals surface area contributed by atoms with Crippen molar-refractivity contribution in [3.05, 3.63) is 41.6 Å².